The van der Waals surface area contributed by atoms with Gasteiger partial charge < -0.3 is 4.90 Å². The molecule has 0 aromatic heterocycles. The van der Waals surface area contributed by atoms with Gasteiger partial charge in [0.15, 0.2) is 0 Å². The van der Waals surface area contributed by atoms with Gasteiger partial charge in [-0.15, -0.1) is 0 Å². The van der Waals surface area contributed by atoms with Crippen molar-refractivity contribution in [1.82, 2.24) is 9.21 Å². The van der Waals surface area contributed by atoms with Crippen LogP contribution >= 0.6 is 0 Å². The van der Waals surface area contributed by atoms with Crippen LogP contribution in [0.25, 0.3) is 6.08 Å². The van der Waals surface area contributed by atoms with Crippen LogP contribution in [0.1, 0.15) is 5.56 Å². The number of nitrogens with zero attached hydrogens (tertiary/aromatic N) is 2. The Morgan fingerprint density at radius 3 is 2.31 bits per heavy atom. The van der Waals surface area contributed by atoms with Crippen LogP contribution in [0, 0.1) is 5.82 Å². The third-order valence-corrected chi connectivity index (χ3v) is 6.10. The zero-order valence-corrected chi connectivity index (χ0v) is 14.9. The largest absolute Gasteiger partial charge is 0.337 e. The fourth-order valence-electron chi connectivity index (χ4n) is 2.76. The first kappa shape index (κ1) is 18.3. The van der Waals surface area contributed by atoms with Crippen molar-refractivity contribution in [2.24, 2.45) is 0 Å². The van der Waals surface area contributed by atoms with Crippen LogP contribution in [0.15, 0.2) is 65.6 Å². The SMILES string of the molecule is O=C(/C=C/c1ccccc1)N1CCN(S(=O)(=O)c2cccc(F)c2)CC1. The molecular weight excluding hydrogens is 355 g/mol. The van der Waals surface area contributed by atoms with Crippen LogP contribution in [0.5, 0.6) is 0 Å². The van der Waals surface area contributed by atoms with Crippen molar-refractivity contribution < 1.29 is 17.6 Å². The lowest BCUT2D eigenvalue weighted by atomic mass is 10.2. The Kier molecular flexibility index (Phi) is 5.49. The maximum Gasteiger partial charge on any atom is 0.246 e. The van der Waals surface area contributed by atoms with Gasteiger partial charge in [0, 0.05) is 32.3 Å². The van der Waals surface area contributed by atoms with Gasteiger partial charge in [0.1, 0.15) is 5.82 Å². The summed E-state index contributed by atoms with van der Waals surface area (Å²) in [6.07, 6.45) is 3.23. The van der Waals surface area contributed by atoms with E-state index in [1.165, 1.54) is 28.6 Å². The summed E-state index contributed by atoms with van der Waals surface area (Å²) in [4.78, 5) is 13.8. The molecule has 1 saturated heterocycles. The molecule has 2 aromatic carbocycles. The zero-order chi connectivity index (χ0) is 18.6. The number of piperazine rings is 1. The first-order chi connectivity index (χ1) is 12.5. The summed E-state index contributed by atoms with van der Waals surface area (Å²) < 4.78 is 39.7. The van der Waals surface area contributed by atoms with Gasteiger partial charge in [0.25, 0.3) is 0 Å². The van der Waals surface area contributed by atoms with Crippen molar-refractivity contribution in [3.05, 3.63) is 72.1 Å². The normalized spacial score (nSPS) is 16.1. The molecule has 136 valence electrons. The van der Waals surface area contributed by atoms with E-state index in [-0.39, 0.29) is 23.9 Å². The highest BCUT2D eigenvalue weighted by atomic mass is 32.2. The second-order valence-corrected chi connectivity index (χ2v) is 7.87. The summed E-state index contributed by atoms with van der Waals surface area (Å²) in [5.41, 5.74) is 0.924. The fraction of sp³-hybridized carbons (Fsp3) is 0.211. The molecule has 2 aromatic rings. The van der Waals surface area contributed by atoms with Crippen molar-refractivity contribution in [3.63, 3.8) is 0 Å². The molecule has 0 unspecified atom stereocenters. The van der Waals surface area contributed by atoms with Crippen molar-refractivity contribution in [2.75, 3.05) is 26.2 Å². The molecule has 5 nitrogen and oxygen atoms in total. The van der Waals surface area contributed by atoms with Crippen LogP contribution in [-0.4, -0.2) is 49.7 Å². The second-order valence-electron chi connectivity index (χ2n) is 5.93. The number of hydrogen-bond donors (Lipinski definition) is 0. The number of benzene rings is 2. The molecule has 26 heavy (non-hydrogen) atoms. The maximum atomic E-state index is 13.3. The van der Waals surface area contributed by atoms with Crippen molar-refractivity contribution >= 4 is 22.0 Å². The van der Waals surface area contributed by atoms with E-state index in [1.807, 2.05) is 30.3 Å². The summed E-state index contributed by atoms with van der Waals surface area (Å²) in [6, 6.07) is 14.4. The number of rotatable bonds is 4. The van der Waals surface area contributed by atoms with E-state index in [2.05, 4.69) is 0 Å². The van der Waals surface area contributed by atoms with Crippen molar-refractivity contribution in [2.45, 2.75) is 4.90 Å². The zero-order valence-electron chi connectivity index (χ0n) is 14.1. The van der Waals surface area contributed by atoms with E-state index in [0.717, 1.165) is 11.6 Å². The summed E-state index contributed by atoms with van der Waals surface area (Å²) in [7, 11) is -3.75. The molecule has 1 aliphatic heterocycles. The summed E-state index contributed by atoms with van der Waals surface area (Å²) >= 11 is 0. The molecule has 0 spiro atoms. The average molecular weight is 374 g/mol. The van der Waals surface area contributed by atoms with Crippen LogP contribution in [0.3, 0.4) is 0 Å². The molecule has 0 aliphatic carbocycles. The third kappa shape index (κ3) is 4.17. The van der Waals surface area contributed by atoms with Crippen LogP contribution in [-0.2, 0) is 14.8 Å². The molecule has 0 N–H and O–H groups in total. The van der Waals surface area contributed by atoms with Gasteiger partial charge in [-0.25, -0.2) is 12.8 Å². The minimum atomic E-state index is -3.75. The Bertz CT molecular complexity index is 905. The number of halogens is 1. The molecule has 0 radical (unpaired) electrons. The molecule has 0 bridgehead atoms. The Labute approximate surface area is 152 Å². The van der Waals surface area contributed by atoms with E-state index in [0.29, 0.717) is 13.1 Å². The lowest BCUT2D eigenvalue weighted by Gasteiger charge is -2.33. The van der Waals surface area contributed by atoms with E-state index in [1.54, 1.807) is 11.0 Å². The number of sulfonamides is 1. The van der Waals surface area contributed by atoms with Gasteiger partial charge in [-0.05, 0) is 29.8 Å². The fourth-order valence-corrected chi connectivity index (χ4v) is 4.22. The molecule has 0 saturated carbocycles. The maximum absolute atomic E-state index is 13.3. The van der Waals surface area contributed by atoms with Crippen LogP contribution in [0.4, 0.5) is 4.39 Å². The lowest BCUT2D eigenvalue weighted by Crippen LogP contribution is -2.50. The van der Waals surface area contributed by atoms with Gasteiger partial charge >= 0.3 is 0 Å². The molecule has 7 heteroatoms. The highest BCUT2D eigenvalue weighted by Gasteiger charge is 2.29. The van der Waals surface area contributed by atoms with Gasteiger partial charge in [-0.1, -0.05) is 36.4 Å². The topological polar surface area (TPSA) is 57.7 Å². The molecule has 0 atom stereocenters. The average Bonchev–Trinajstić information content (AvgIpc) is 2.67. The van der Waals surface area contributed by atoms with Crippen molar-refractivity contribution in [1.29, 1.82) is 0 Å². The van der Waals surface area contributed by atoms with Gasteiger partial charge in [0.05, 0.1) is 4.90 Å². The van der Waals surface area contributed by atoms with Crippen LogP contribution in [0.2, 0.25) is 0 Å². The minimum absolute atomic E-state index is 0.0683. The molecule has 1 fully saturated rings. The van der Waals surface area contributed by atoms with Crippen molar-refractivity contribution in [3.8, 4) is 0 Å². The molecule has 1 aliphatic rings. The summed E-state index contributed by atoms with van der Waals surface area (Å²) in [6.45, 7) is 0.965. The van der Waals surface area contributed by atoms with E-state index < -0.39 is 15.8 Å². The smallest absolute Gasteiger partial charge is 0.246 e. The summed E-state index contributed by atoms with van der Waals surface area (Å²) in [5, 5.41) is 0. The van der Waals surface area contributed by atoms with Crippen LogP contribution < -0.4 is 0 Å². The predicted octanol–water partition coefficient (Wildman–Crippen LogP) is 2.37. The second kappa shape index (κ2) is 7.80. The summed E-state index contributed by atoms with van der Waals surface area (Å²) in [5.74, 6) is -0.748. The molecule has 1 heterocycles. The Morgan fingerprint density at radius 2 is 1.65 bits per heavy atom. The lowest BCUT2D eigenvalue weighted by molar-refractivity contribution is -0.127. The predicted molar refractivity (Wildman–Crippen MR) is 97.2 cm³/mol. The monoisotopic (exact) mass is 374 g/mol. The van der Waals surface area contributed by atoms with Gasteiger partial charge in [-0.3, -0.25) is 4.79 Å². The first-order valence-corrected chi connectivity index (χ1v) is 9.68. The Balaban J connectivity index is 1.62. The highest BCUT2D eigenvalue weighted by Crippen LogP contribution is 2.18. The minimum Gasteiger partial charge on any atom is -0.337 e. The first-order valence-electron chi connectivity index (χ1n) is 8.24. The van der Waals surface area contributed by atoms with E-state index in [4.69, 9.17) is 0 Å². The number of carbonyl (C=O) groups excluding carboxylic acids is 1. The standard InChI is InChI=1S/C19H19FN2O3S/c20-17-7-4-8-18(15-17)26(24,25)22-13-11-21(12-14-22)19(23)10-9-16-5-2-1-3-6-16/h1-10,15H,11-14H2/b10-9+. The molecule has 1 amide bonds. The number of carbonyl (C=O) groups is 1. The molecule has 3 rings (SSSR count). The Morgan fingerprint density at radius 1 is 0.962 bits per heavy atom. The van der Waals surface area contributed by atoms with E-state index >= 15 is 0 Å². The number of hydrogen-bond acceptors (Lipinski definition) is 3. The number of amides is 1. The third-order valence-electron chi connectivity index (χ3n) is 4.20. The van der Waals surface area contributed by atoms with E-state index in [9.17, 15) is 17.6 Å². The Hall–Kier alpha value is -2.51. The quantitative estimate of drug-likeness (QED) is 0.772. The van der Waals surface area contributed by atoms with Gasteiger partial charge in [0.2, 0.25) is 15.9 Å². The van der Waals surface area contributed by atoms with Gasteiger partial charge in [-0.2, -0.15) is 4.31 Å². The highest BCUT2D eigenvalue weighted by molar-refractivity contribution is 7.89. The molecular formula is C19H19FN2O3S.